The van der Waals surface area contributed by atoms with Crippen LogP contribution in [-0.2, 0) is 18.3 Å². The summed E-state index contributed by atoms with van der Waals surface area (Å²) in [5.74, 6) is 0.0720. The van der Waals surface area contributed by atoms with E-state index in [2.05, 4.69) is 22.1 Å². The third kappa shape index (κ3) is 6.52. The molecule has 0 aromatic heterocycles. The van der Waals surface area contributed by atoms with Crippen LogP contribution in [0.3, 0.4) is 0 Å². The SMILES string of the molecule is C=CCN(C(=O)NCc1ccc(C(F)(F)F)cc1)C1CCN(C[C@H]2CNC[C@]2(O)c2ccccc2)CC1. The average molecular weight is 517 g/mol. The minimum absolute atomic E-state index is 0.0385. The molecule has 2 fully saturated rings. The number of amides is 2. The number of urea groups is 1. The van der Waals surface area contributed by atoms with E-state index in [1.807, 2.05) is 30.3 Å². The number of hydrogen-bond donors (Lipinski definition) is 3. The molecule has 3 N–H and O–H groups in total. The van der Waals surface area contributed by atoms with Crippen LogP contribution in [0, 0.1) is 5.92 Å². The predicted octanol–water partition coefficient (Wildman–Crippen LogP) is 3.97. The molecule has 0 aliphatic carbocycles. The molecule has 2 saturated heterocycles. The van der Waals surface area contributed by atoms with E-state index in [4.69, 9.17) is 0 Å². The van der Waals surface area contributed by atoms with E-state index < -0.39 is 17.3 Å². The molecular weight excluding hydrogens is 481 g/mol. The average Bonchev–Trinajstić information content (AvgIpc) is 3.27. The number of likely N-dealkylation sites (tertiary alicyclic amines) is 1. The second kappa shape index (κ2) is 11.7. The summed E-state index contributed by atoms with van der Waals surface area (Å²) in [4.78, 5) is 17.1. The number of rotatable bonds is 8. The summed E-state index contributed by atoms with van der Waals surface area (Å²) in [5, 5.41) is 17.6. The quantitative estimate of drug-likeness (QED) is 0.465. The largest absolute Gasteiger partial charge is 0.416 e. The number of nitrogens with one attached hydrogen (secondary N) is 2. The first-order chi connectivity index (χ1) is 17.7. The molecule has 2 atom stereocenters. The highest BCUT2D eigenvalue weighted by Crippen LogP contribution is 2.34. The Balaban J connectivity index is 1.30. The number of carbonyl (C=O) groups excluding carboxylic acids is 1. The fourth-order valence-electron chi connectivity index (χ4n) is 5.38. The van der Waals surface area contributed by atoms with E-state index in [9.17, 15) is 23.1 Å². The summed E-state index contributed by atoms with van der Waals surface area (Å²) < 4.78 is 38.3. The Hall–Kier alpha value is -2.88. The standard InChI is InChI=1S/C28H35F3N4O2/c1-2-14-35(26(36)33-17-21-8-10-23(11-9-21)28(29,30)31)25-12-15-34(16-13-25)19-24-18-32-20-27(24,37)22-6-4-3-5-7-22/h2-11,24-25,32,37H,1,12-20H2,(H,33,36)/t24-,27+/m1/s1. The Morgan fingerprint density at radius 3 is 2.46 bits per heavy atom. The number of carbonyl (C=O) groups is 1. The van der Waals surface area contributed by atoms with Crippen molar-refractivity contribution in [3.05, 3.63) is 83.9 Å². The van der Waals surface area contributed by atoms with Crippen molar-refractivity contribution in [3.63, 3.8) is 0 Å². The van der Waals surface area contributed by atoms with Crippen molar-refractivity contribution < 1.29 is 23.1 Å². The van der Waals surface area contributed by atoms with Crippen LogP contribution in [0.25, 0.3) is 0 Å². The van der Waals surface area contributed by atoms with Gasteiger partial charge in [0.2, 0.25) is 0 Å². The topological polar surface area (TPSA) is 67.8 Å². The molecule has 0 spiro atoms. The van der Waals surface area contributed by atoms with Gasteiger partial charge in [0.25, 0.3) is 0 Å². The highest BCUT2D eigenvalue weighted by Gasteiger charge is 2.43. The molecule has 6 nitrogen and oxygen atoms in total. The van der Waals surface area contributed by atoms with Gasteiger partial charge in [0.05, 0.1) is 5.56 Å². The normalized spacial score (nSPS) is 23.1. The summed E-state index contributed by atoms with van der Waals surface area (Å²) in [5.41, 5.74) is -0.0729. The first-order valence-corrected chi connectivity index (χ1v) is 12.7. The van der Waals surface area contributed by atoms with Crippen molar-refractivity contribution in [1.29, 1.82) is 0 Å². The van der Waals surface area contributed by atoms with Crippen LogP contribution < -0.4 is 10.6 Å². The molecule has 0 saturated carbocycles. The van der Waals surface area contributed by atoms with E-state index in [0.29, 0.717) is 18.7 Å². The van der Waals surface area contributed by atoms with E-state index >= 15 is 0 Å². The second-order valence-corrected chi connectivity index (χ2v) is 9.94. The smallest absolute Gasteiger partial charge is 0.383 e. The lowest BCUT2D eigenvalue weighted by molar-refractivity contribution is -0.137. The highest BCUT2D eigenvalue weighted by atomic mass is 19.4. The highest BCUT2D eigenvalue weighted by molar-refractivity contribution is 5.74. The molecule has 2 aromatic rings. The number of nitrogens with zero attached hydrogens (tertiary/aromatic N) is 2. The summed E-state index contributed by atoms with van der Waals surface area (Å²) >= 11 is 0. The maximum atomic E-state index is 13.0. The fourth-order valence-corrected chi connectivity index (χ4v) is 5.38. The lowest BCUT2D eigenvalue weighted by Crippen LogP contribution is -2.52. The minimum Gasteiger partial charge on any atom is -0.383 e. The Kier molecular flexibility index (Phi) is 8.56. The Bertz CT molecular complexity index is 1040. The molecule has 0 radical (unpaired) electrons. The Morgan fingerprint density at radius 1 is 1.16 bits per heavy atom. The zero-order valence-corrected chi connectivity index (χ0v) is 20.9. The first-order valence-electron chi connectivity index (χ1n) is 12.7. The van der Waals surface area contributed by atoms with Gasteiger partial charge < -0.3 is 25.5 Å². The first kappa shape index (κ1) is 27.2. The van der Waals surface area contributed by atoms with Gasteiger partial charge in [0.1, 0.15) is 5.60 Å². The molecule has 2 heterocycles. The number of aliphatic hydroxyl groups is 1. The molecule has 2 amide bonds. The molecular formula is C28H35F3N4O2. The van der Waals surface area contributed by atoms with Crippen LogP contribution in [0.5, 0.6) is 0 Å². The number of piperidine rings is 1. The van der Waals surface area contributed by atoms with E-state index in [0.717, 1.165) is 56.7 Å². The van der Waals surface area contributed by atoms with E-state index in [-0.39, 0.29) is 24.5 Å². The zero-order valence-electron chi connectivity index (χ0n) is 20.9. The van der Waals surface area contributed by atoms with Gasteiger partial charge in [0.15, 0.2) is 0 Å². The Labute approximate surface area is 216 Å². The number of β-amino-alcohol motifs (C(OH)–C–C–N with tert-alkyl or cyclic N) is 1. The van der Waals surface area contributed by atoms with Crippen LogP contribution in [0.1, 0.15) is 29.5 Å². The molecule has 0 bridgehead atoms. The molecule has 0 unspecified atom stereocenters. The third-order valence-electron chi connectivity index (χ3n) is 7.52. The van der Waals surface area contributed by atoms with Crippen molar-refractivity contribution in [1.82, 2.24) is 20.4 Å². The van der Waals surface area contributed by atoms with Gasteiger partial charge in [0, 0.05) is 57.8 Å². The summed E-state index contributed by atoms with van der Waals surface area (Å²) in [7, 11) is 0. The molecule has 4 rings (SSSR count). The maximum absolute atomic E-state index is 13.0. The van der Waals surface area contributed by atoms with Crippen molar-refractivity contribution in [2.45, 2.75) is 37.2 Å². The van der Waals surface area contributed by atoms with Gasteiger partial charge in [-0.2, -0.15) is 13.2 Å². The van der Waals surface area contributed by atoms with Crippen LogP contribution in [-0.4, -0.2) is 66.2 Å². The van der Waals surface area contributed by atoms with Crippen molar-refractivity contribution in [2.24, 2.45) is 5.92 Å². The van der Waals surface area contributed by atoms with Crippen LogP contribution in [0.15, 0.2) is 67.3 Å². The van der Waals surface area contributed by atoms with Gasteiger partial charge in [-0.1, -0.05) is 48.5 Å². The number of halogens is 3. The minimum atomic E-state index is -4.38. The molecule has 2 aromatic carbocycles. The zero-order chi connectivity index (χ0) is 26.5. The maximum Gasteiger partial charge on any atom is 0.416 e. The van der Waals surface area contributed by atoms with Crippen molar-refractivity contribution >= 4 is 6.03 Å². The second-order valence-electron chi connectivity index (χ2n) is 9.94. The molecule has 37 heavy (non-hydrogen) atoms. The lowest BCUT2D eigenvalue weighted by Gasteiger charge is -2.40. The lowest BCUT2D eigenvalue weighted by atomic mass is 9.83. The monoisotopic (exact) mass is 516 g/mol. The number of alkyl halides is 3. The molecule has 2 aliphatic heterocycles. The number of benzene rings is 2. The van der Waals surface area contributed by atoms with Gasteiger partial charge in [-0.3, -0.25) is 0 Å². The summed E-state index contributed by atoms with van der Waals surface area (Å²) in [6, 6.07) is 14.4. The molecule has 200 valence electrons. The third-order valence-corrected chi connectivity index (χ3v) is 7.52. The van der Waals surface area contributed by atoms with Crippen LogP contribution in [0.4, 0.5) is 18.0 Å². The van der Waals surface area contributed by atoms with Crippen molar-refractivity contribution in [2.75, 3.05) is 39.3 Å². The summed E-state index contributed by atoms with van der Waals surface area (Å²) in [6.45, 7) is 8.00. The van der Waals surface area contributed by atoms with E-state index in [1.165, 1.54) is 12.1 Å². The van der Waals surface area contributed by atoms with Gasteiger partial charge in [-0.25, -0.2) is 4.79 Å². The van der Waals surface area contributed by atoms with E-state index in [1.54, 1.807) is 11.0 Å². The van der Waals surface area contributed by atoms with Crippen LogP contribution in [0.2, 0.25) is 0 Å². The van der Waals surface area contributed by atoms with Gasteiger partial charge in [-0.15, -0.1) is 6.58 Å². The van der Waals surface area contributed by atoms with Gasteiger partial charge >= 0.3 is 12.2 Å². The van der Waals surface area contributed by atoms with Gasteiger partial charge in [-0.05, 0) is 36.1 Å². The number of hydrogen-bond acceptors (Lipinski definition) is 4. The summed E-state index contributed by atoms with van der Waals surface area (Å²) in [6.07, 6.45) is -1.10. The van der Waals surface area contributed by atoms with Crippen molar-refractivity contribution in [3.8, 4) is 0 Å². The molecule has 2 aliphatic rings. The predicted molar refractivity (Wildman–Crippen MR) is 137 cm³/mol. The molecule has 9 heteroatoms. The fraction of sp³-hybridized carbons (Fsp3) is 0.464. The van der Waals surface area contributed by atoms with Crippen LogP contribution >= 0.6 is 0 Å². The Morgan fingerprint density at radius 2 is 1.84 bits per heavy atom.